The number of aliphatic hydroxyl groups is 1. The summed E-state index contributed by atoms with van der Waals surface area (Å²) >= 11 is 0. The Balaban J connectivity index is 2.11. The van der Waals surface area contributed by atoms with E-state index in [-0.39, 0.29) is 43.4 Å². The maximum atomic E-state index is 13.1. The fourth-order valence-electron chi connectivity index (χ4n) is 2.19. The van der Waals surface area contributed by atoms with Crippen LogP contribution in [0.3, 0.4) is 0 Å². The van der Waals surface area contributed by atoms with Crippen molar-refractivity contribution in [3.63, 3.8) is 0 Å². The summed E-state index contributed by atoms with van der Waals surface area (Å²) in [5.74, 6) is -0.728. The Morgan fingerprint density at radius 1 is 1.67 bits per heavy atom. The molecular weight excluding hydrogens is 163 g/mol. The van der Waals surface area contributed by atoms with E-state index in [0.717, 1.165) is 0 Å². The number of fused-ring (bicyclic) bond motifs is 1. The van der Waals surface area contributed by atoms with Gasteiger partial charge in [-0.1, -0.05) is 0 Å². The van der Waals surface area contributed by atoms with Gasteiger partial charge in [-0.25, -0.2) is 4.39 Å². The van der Waals surface area contributed by atoms with Gasteiger partial charge in [0.05, 0.1) is 6.42 Å². The van der Waals surface area contributed by atoms with E-state index in [1.807, 2.05) is 0 Å². The molecule has 1 saturated heterocycles. The van der Waals surface area contributed by atoms with Gasteiger partial charge in [-0.15, -0.1) is 0 Å². The van der Waals surface area contributed by atoms with E-state index < -0.39 is 6.17 Å². The van der Waals surface area contributed by atoms with Gasteiger partial charge in [-0.2, -0.15) is 0 Å². The smallest absolute Gasteiger partial charge is 0.306 e. The molecule has 12 heavy (non-hydrogen) atoms. The molecule has 3 nitrogen and oxygen atoms in total. The molecule has 4 atom stereocenters. The maximum absolute atomic E-state index is 13.1. The van der Waals surface area contributed by atoms with Gasteiger partial charge < -0.3 is 9.84 Å². The van der Waals surface area contributed by atoms with Crippen LogP contribution in [0.25, 0.3) is 0 Å². The Bertz CT molecular complexity index is 206. The van der Waals surface area contributed by atoms with Crippen molar-refractivity contribution in [2.45, 2.75) is 25.1 Å². The van der Waals surface area contributed by atoms with E-state index in [1.165, 1.54) is 0 Å². The van der Waals surface area contributed by atoms with E-state index in [2.05, 4.69) is 0 Å². The molecule has 0 amide bonds. The Morgan fingerprint density at radius 3 is 3.08 bits per heavy atom. The van der Waals surface area contributed by atoms with E-state index >= 15 is 0 Å². The molecule has 4 heteroatoms. The fourth-order valence-corrected chi connectivity index (χ4v) is 2.19. The molecule has 4 unspecified atom stereocenters. The van der Waals surface area contributed by atoms with Crippen LogP contribution in [0.4, 0.5) is 4.39 Å². The predicted molar refractivity (Wildman–Crippen MR) is 38.1 cm³/mol. The van der Waals surface area contributed by atoms with Crippen LogP contribution in [0.2, 0.25) is 0 Å². The van der Waals surface area contributed by atoms with Crippen molar-refractivity contribution in [3.05, 3.63) is 0 Å². The molecule has 0 bridgehead atoms. The van der Waals surface area contributed by atoms with Crippen LogP contribution in [0.5, 0.6) is 0 Å². The highest BCUT2D eigenvalue weighted by molar-refractivity contribution is 5.72. The summed E-state index contributed by atoms with van der Waals surface area (Å²) in [7, 11) is 0. The molecule has 1 heterocycles. The van der Waals surface area contributed by atoms with Gasteiger partial charge in [0.25, 0.3) is 0 Å². The number of esters is 1. The van der Waals surface area contributed by atoms with Crippen molar-refractivity contribution in [1.29, 1.82) is 0 Å². The first-order valence-corrected chi connectivity index (χ1v) is 4.16. The first-order chi connectivity index (χ1) is 5.72. The lowest BCUT2D eigenvalue weighted by Gasteiger charge is -2.13. The average molecular weight is 174 g/mol. The molecule has 1 saturated carbocycles. The molecule has 0 aromatic heterocycles. The van der Waals surface area contributed by atoms with E-state index in [9.17, 15) is 9.18 Å². The second-order valence-electron chi connectivity index (χ2n) is 3.49. The number of carbonyl (C=O) groups is 1. The topological polar surface area (TPSA) is 46.5 Å². The summed E-state index contributed by atoms with van der Waals surface area (Å²) in [6.45, 7) is -0.182. The van der Waals surface area contributed by atoms with Crippen molar-refractivity contribution in [2.75, 3.05) is 6.61 Å². The first-order valence-electron chi connectivity index (χ1n) is 4.16. The fraction of sp³-hybridized carbons (Fsp3) is 0.875. The number of aliphatic hydroxyl groups excluding tert-OH is 1. The molecule has 0 spiro atoms. The van der Waals surface area contributed by atoms with Crippen LogP contribution in [0.15, 0.2) is 0 Å². The molecule has 1 aliphatic heterocycles. The minimum Gasteiger partial charge on any atom is -0.462 e. The second-order valence-corrected chi connectivity index (χ2v) is 3.49. The molecule has 0 aromatic carbocycles. The quantitative estimate of drug-likeness (QED) is 0.580. The summed E-state index contributed by atoms with van der Waals surface area (Å²) in [5, 5.41) is 8.86. The molecule has 0 aromatic rings. The highest BCUT2D eigenvalue weighted by Gasteiger charge is 2.50. The highest BCUT2D eigenvalue weighted by Crippen LogP contribution is 2.42. The van der Waals surface area contributed by atoms with Crippen molar-refractivity contribution in [3.8, 4) is 0 Å². The normalized spacial score (nSPS) is 46.0. The van der Waals surface area contributed by atoms with Crippen LogP contribution in [-0.2, 0) is 9.53 Å². The van der Waals surface area contributed by atoms with Crippen LogP contribution in [0, 0.1) is 11.8 Å². The zero-order valence-corrected chi connectivity index (χ0v) is 6.57. The Kier molecular flexibility index (Phi) is 1.79. The van der Waals surface area contributed by atoms with Crippen LogP contribution >= 0.6 is 0 Å². The van der Waals surface area contributed by atoms with Crippen molar-refractivity contribution in [1.82, 2.24) is 0 Å². The lowest BCUT2D eigenvalue weighted by Crippen LogP contribution is -2.21. The SMILES string of the molecule is O=C1CC2C(CC(F)C2CO)O1. The van der Waals surface area contributed by atoms with E-state index in [0.29, 0.717) is 0 Å². The van der Waals surface area contributed by atoms with Gasteiger partial charge >= 0.3 is 5.97 Å². The van der Waals surface area contributed by atoms with Gasteiger partial charge in [-0.05, 0) is 0 Å². The Hall–Kier alpha value is -0.640. The number of hydrogen-bond donors (Lipinski definition) is 1. The molecule has 2 rings (SSSR count). The van der Waals surface area contributed by atoms with Gasteiger partial charge in [0.2, 0.25) is 0 Å². The summed E-state index contributed by atoms with van der Waals surface area (Å²) in [4.78, 5) is 10.8. The lowest BCUT2D eigenvalue weighted by molar-refractivity contribution is -0.141. The minimum absolute atomic E-state index is 0.0856. The number of alkyl halides is 1. The number of rotatable bonds is 1. The van der Waals surface area contributed by atoms with Gasteiger partial charge in [0, 0.05) is 24.9 Å². The van der Waals surface area contributed by atoms with E-state index in [1.54, 1.807) is 0 Å². The number of hydrogen-bond acceptors (Lipinski definition) is 3. The predicted octanol–water partition coefficient (Wildman–Crippen LogP) is 0.268. The van der Waals surface area contributed by atoms with Crippen LogP contribution < -0.4 is 0 Å². The lowest BCUT2D eigenvalue weighted by atomic mass is 9.93. The summed E-state index contributed by atoms with van der Waals surface area (Å²) < 4.78 is 18.0. The minimum atomic E-state index is -1.00. The third kappa shape index (κ3) is 1.02. The Morgan fingerprint density at radius 2 is 2.42 bits per heavy atom. The first kappa shape index (κ1) is 7.98. The molecule has 68 valence electrons. The van der Waals surface area contributed by atoms with Crippen molar-refractivity contribution < 1.29 is 19.0 Å². The number of halogens is 1. The molecule has 0 radical (unpaired) electrons. The zero-order valence-electron chi connectivity index (χ0n) is 6.57. The monoisotopic (exact) mass is 174 g/mol. The average Bonchev–Trinajstić information content (AvgIpc) is 2.43. The molecular formula is C8H11FO3. The third-order valence-corrected chi connectivity index (χ3v) is 2.85. The molecule has 1 N–H and O–H groups in total. The van der Waals surface area contributed by atoms with E-state index in [4.69, 9.17) is 9.84 Å². The maximum Gasteiger partial charge on any atom is 0.306 e. The number of carbonyl (C=O) groups excluding carboxylic acids is 1. The van der Waals surface area contributed by atoms with Gasteiger partial charge in [-0.3, -0.25) is 4.79 Å². The zero-order chi connectivity index (χ0) is 8.72. The third-order valence-electron chi connectivity index (χ3n) is 2.85. The molecule has 2 fully saturated rings. The van der Waals surface area contributed by atoms with Gasteiger partial charge in [0.15, 0.2) is 0 Å². The Labute approximate surface area is 69.5 Å². The highest BCUT2D eigenvalue weighted by atomic mass is 19.1. The molecule has 1 aliphatic carbocycles. The van der Waals surface area contributed by atoms with Crippen molar-refractivity contribution >= 4 is 5.97 Å². The summed E-state index contributed by atoms with van der Waals surface area (Å²) in [5.41, 5.74) is 0. The number of ether oxygens (including phenoxy) is 1. The van der Waals surface area contributed by atoms with Crippen LogP contribution in [0.1, 0.15) is 12.8 Å². The summed E-state index contributed by atoms with van der Waals surface area (Å²) in [6, 6.07) is 0. The summed E-state index contributed by atoms with van der Waals surface area (Å²) in [6.07, 6.45) is -0.736. The molecule has 2 aliphatic rings. The second kappa shape index (κ2) is 2.69. The van der Waals surface area contributed by atoms with Crippen LogP contribution in [-0.4, -0.2) is 30.0 Å². The standard InChI is InChI=1S/C8H11FO3/c9-6-2-7-4(5(6)3-10)1-8(11)12-7/h4-7,10H,1-3H2. The van der Waals surface area contributed by atoms with Crippen molar-refractivity contribution in [2.24, 2.45) is 11.8 Å². The van der Waals surface area contributed by atoms with Gasteiger partial charge in [0.1, 0.15) is 12.3 Å². The largest absolute Gasteiger partial charge is 0.462 e.